The minimum atomic E-state index is -0.0689. The van der Waals surface area contributed by atoms with Crippen LogP contribution in [0.2, 0.25) is 0 Å². The number of aromatic nitrogens is 6. The van der Waals surface area contributed by atoms with Gasteiger partial charge in [0.2, 0.25) is 5.88 Å². The fraction of sp³-hybridized carbons (Fsp3) is 0.412. The first-order valence-electron chi connectivity index (χ1n) is 8.74. The quantitative estimate of drug-likeness (QED) is 0.670. The van der Waals surface area contributed by atoms with E-state index >= 15 is 0 Å². The van der Waals surface area contributed by atoms with E-state index in [1.54, 1.807) is 10.9 Å². The van der Waals surface area contributed by atoms with Crippen molar-refractivity contribution in [2.75, 3.05) is 37.8 Å². The van der Waals surface area contributed by atoms with Gasteiger partial charge in [0.15, 0.2) is 5.82 Å². The van der Waals surface area contributed by atoms with Crippen LogP contribution in [0.3, 0.4) is 0 Å². The lowest BCUT2D eigenvalue weighted by atomic mass is 10.3. The van der Waals surface area contributed by atoms with E-state index in [4.69, 9.17) is 9.47 Å². The molecular formula is C17H21N7O3. The van der Waals surface area contributed by atoms with Crippen molar-refractivity contribution in [3.05, 3.63) is 36.3 Å². The van der Waals surface area contributed by atoms with Crippen molar-refractivity contribution in [2.24, 2.45) is 7.05 Å². The number of ether oxygens (including phenoxy) is 2. The van der Waals surface area contributed by atoms with Crippen molar-refractivity contribution in [3.8, 4) is 17.7 Å². The third-order valence-electron chi connectivity index (χ3n) is 4.20. The number of hydrogen-bond acceptors (Lipinski definition) is 8. The molecule has 142 valence electrons. The van der Waals surface area contributed by atoms with Gasteiger partial charge in [0.25, 0.3) is 0 Å². The first kappa shape index (κ1) is 17.3. The summed E-state index contributed by atoms with van der Waals surface area (Å²) in [5.41, 5.74) is 1.08. The third kappa shape index (κ3) is 4.17. The maximum Gasteiger partial charge on any atom is 0.320 e. The number of aromatic hydroxyl groups is 1. The Bertz CT molecular complexity index is 902. The first-order chi connectivity index (χ1) is 13.2. The average molecular weight is 371 g/mol. The van der Waals surface area contributed by atoms with Crippen LogP contribution in [0.15, 0.2) is 30.7 Å². The van der Waals surface area contributed by atoms with Crippen LogP contribution in [0.25, 0.3) is 5.82 Å². The zero-order valence-corrected chi connectivity index (χ0v) is 15.0. The van der Waals surface area contributed by atoms with Crippen molar-refractivity contribution in [1.29, 1.82) is 0 Å². The molecule has 27 heavy (non-hydrogen) atoms. The molecule has 0 spiro atoms. The summed E-state index contributed by atoms with van der Waals surface area (Å²) in [6.07, 6.45) is 6.11. The Balaban J connectivity index is 1.55. The topological polar surface area (TPSA) is 103 Å². The van der Waals surface area contributed by atoms with E-state index in [2.05, 4.69) is 25.1 Å². The van der Waals surface area contributed by atoms with Crippen molar-refractivity contribution < 1.29 is 14.6 Å². The van der Waals surface area contributed by atoms with Crippen molar-refractivity contribution in [3.63, 3.8) is 0 Å². The number of nitrogens with zero attached hydrogens (tertiary/aromatic N) is 7. The zero-order valence-electron chi connectivity index (χ0n) is 15.0. The monoisotopic (exact) mass is 371 g/mol. The van der Waals surface area contributed by atoms with Crippen LogP contribution in [0.1, 0.15) is 5.56 Å². The molecule has 1 aliphatic heterocycles. The standard InChI is InChI=1S/C17H21N7O3/c1-22-12-13(11-18-22)3-7-27-17-19-14(23-5-8-26-9-6-23)10-15(20-17)24-4-2-16(25)21-24/h2,4,10-12H,3,5-9H2,1H3,(H,21,25). The van der Waals surface area contributed by atoms with Gasteiger partial charge < -0.3 is 19.5 Å². The van der Waals surface area contributed by atoms with Crippen molar-refractivity contribution in [2.45, 2.75) is 6.42 Å². The van der Waals surface area contributed by atoms with E-state index in [0.29, 0.717) is 32.1 Å². The summed E-state index contributed by atoms with van der Waals surface area (Å²) in [7, 11) is 1.88. The number of aryl methyl sites for hydroxylation is 1. The van der Waals surface area contributed by atoms with Crippen LogP contribution < -0.4 is 9.64 Å². The fourth-order valence-electron chi connectivity index (χ4n) is 2.84. The molecule has 0 amide bonds. The normalized spacial score (nSPS) is 14.5. The van der Waals surface area contributed by atoms with Gasteiger partial charge in [0, 0.05) is 51.1 Å². The molecule has 0 saturated carbocycles. The van der Waals surface area contributed by atoms with Crippen LogP contribution >= 0.6 is 0 Å². The van der Waals surface area contributed by atoms with E-state index in [1.807, 2.05) is 25.5 Å². The summed E-state index contributed by atoms with van der Waals surface area (Å²) in [5.74, 6) is 1.21. The van der Waals surface area contributed by atoms with E-state index in [9.17, 15) is 5.11 Å². The van der Waals surface area contributed by atoms with Gasteiger partial charge in [-0.05, 0) is 5.56 Å². The molecule has 10 nitrogen and oxygen atoms in total. The molecule has 3 aromatic heterocycles. The summed E-state index contributed by atoms with van der Waals surface area (Å²) >= 11 is 0. The third-order valence-corrected chi connectivity index (χ3v) is 4.20. The Hall–Kier alpha value is -3.14. The lowest BCUT2D eigenvalue weighted by Crippen LogP contribution is -2.37. The molecule has 1 N–H and O–H groups in total. The predicted molar refractivity (Wildman–Crippen MR) is 96.3 cm³/mol. The summed E-state index contributed by atoms with van der Waals surface area (Å²) in [6.45, 7) is 3.23. The minimum Gasteiger partial charge on any atom is -0.492 e. The van der Waals surface area contributed by atoms with E-state index in [-0.39, 0.29) is 11.9 Å². The summed E-state index contributed by atoms with van der Waals surface area (Å²) in [4.78, 5) is 11.1. The summed E-state index contributed by atoms with van der Waals surface area (Å²) < 4.78 is 14.5. The average Bonchev–Trinajstić information content (AvgIpc) is 3.30. The van der Waals surface area contributed by atoms with Gasteiger partial charge in [0.1, 0.15) is 5.82 Å². The maximum absolute atomic E-state index is 9.53. The number of morpholine rings is 1. The van der Waals surface area contributed by atoms with Crippen LogP contribution in [-0.4, -0.2) is 67.5 Å². The van der Waals surface area contributed by atoms with E-state index < -0.39 is 0 Å². The highest BCUT2D eigenvalue weighted by molar-refractivity contribution is 5.45. The van der Waals surface area contributed by atoms with E-state index in [0.717, 1.165) is 24.5 Å². The second-order valence-electron chi connectivity index (χ2n) is 6.21. The highest BCUT2D eigenvalue weighted by Crippen LogP contribution is 2.20. The highest BCUT2D eigenvalue weighted by Gasteiger charge is 2.17. The second kappa shape index (κ2) is 7.62. The number of anilines is 1. The molecule has 1 fully saturated rings. The largest absolute Gasteiger partial charge is 0.492 e. The van der Waals surface area contributed by atoms with Crippen LogP contribution in [0, 0.1) is 0 Å². The first-order valence-corrected chi connectivity index (χ1v) is 8.74. The highest BCUT2D eigenvalue weighted by atomic mass is 16.5. The molecule has 0 radical (unpaired) electrons. The van der Waals surface area contributed by atoms with Gasteiger partial charge in [-0.3, -0.25) is 4.68 Å². The second-order valence-corrected chi connectivity index (χ2v) is 6.21. The number of rotatable bonds is 6. The Morgan fingerprint density at radius 1 is 1.22 bits per heavy atom. The van der Waals surface area contributed by atoms with Gasteiger partial charge in [-0.15, -0.1) is 5.10 Å². The molecule has 10 heteroatoms. The molecule has 0 atom stereocenters. The predicted octanol–water partition coefficient (Wildman–Crippen LogP) is 0.559. The van der Waals surface area contributed by atoms with Gasteiger partial charge in [0.05, 0.1) is 26.0 Å². The van der Waals surface area contributed by atoms with Gasteiger partial charge in [-0.25, -0.2) is 4.68 Å². The molecule has 1 aliphatic rings. The molecule has 4 rings (SSSR count). The lowest BCUT2D eigenvalue weighted by molar-refractivity contribution is 0.122. The molecular weight excluding hydrogens is 350 g/mol. The molecule has 4 heterocycles. The Morgan fingerprint density at radius 3 is 2.74 bits per heavy atom. The smallest absolute Gasteiger partial charge is 0.320 e. The van der Waals surface area contributed by atoms with Crippen molar-refractivity contribution >= 4 is 5.82 Å². The lowest BCUT2D eigenvalue weighted by Gasteiger charge is -2.28. The van der Waals surface area contributed by atoms with Gasteiger partial charge >= 0.3 is 6.01 Å². The van der Waals surface area contributed by atoms with Crippen molar-refractivity contribution in [1.82, 2.24) is 29.5 Å². The summed E-state index contributed by atoms with van der Waals surface area (Å²) in [6, 6.07) is 3.60. The molecule has 0 unspecified atom stereocenters. The van der Waals surface area contributed by atoms with Gasteiger partial charge in [-0.2, -0.15) is 15.1 Å². The number of hydrogen-bond donors (Lipinski definition) is 1. The Kier molecular flexibility index (Phi) is 4.88. The van der Waals surface area contributed by atoms with Crippen LogP contribution in [0.5, 0.6) is 11.9 Å². The van der Waals surface area contributed by atoms with Crippen LogP contribution in [-0.2, 0) is 18.2 Å². The summed E-state index contributed by atoms with van der Waals surface area (Å²) in [5, 5.41) is 17.7. The molecule has 3 aromatic rings. The Labute approximate surface area is 156 Å². The SMILES string of the molecule is Cn1cc(CCOc2nc(N3CCOCC3)cc(-n3ccc(O)n3)n2)cn1. The Morgan fingerprint density at radius 2 is 2.04 bits per heavy atom. The minimum absolute atomic E-state index is 0.0689. The van der Waals surface area contributed by atoms with Gasteiger partial charge in [-0.1, -0.05) is 0 Å². The maximum atomic E-state index is 9.53. The molecule has 1 saturated heterocycles. The molecule has 0 bridgehead atoms. The molecule has 0 aliphatic carbocycles. The van der Waals surface area contributed by atoms with Crippen LogP contribution in [0.4, 0.5) is 5.82 Å². The zero-order chi connectivity index (χ0) is 18.6. The molecule has 0 aromatic carbocycles. The fourth-order valence-corrected chi connectivity index (χ4v) is 2.84. The van der Waals surface area contributed by atoms with E-state index in [1.165, 1.54) is 10.7 Å².